The predicted molar refractivity (Wildman–Crippen MR) is 74.9 cm³/mol. The predicted octanol–water partition coefficient (Wildman–Crippen LogP) is 4.19. The smallest absolute Gasteiger partial charge is 0.361 e. The van der Waals surface area contributed by atoms with Gasteiger partial charge < -0.3 is 9.84 Å². The lowest BCUT2D eigenvalue weighted by atomic mass is 10.2. The molecule has 114 valence electrons. The van der Waals surface area contributed by atoms with Gasteiger partial charge in [-0.25, -0.2) is 0 Å². The fourth-order valence-electron chi connectivity index (χ4n) is 1.90. The van der Waals surface area contributed by atoms with Crippen LogP contribution in [0.3, 0.4) is 0 Å². The van der Waals surface area contributed by atoms with Crippen molar-refractivity contribution in [2.24, 2.45) is 0 Å². The van der Waals surface area contributed by atoms with Gasteiger partial charge in [-0.05, 0) is 43.3 Å². The van der Waals surface area contributed by atoms with E-state index in [1.54, 1.807) is 12.1 Å². The molecule has 0 atom stereocenters. The zero-order valence-corrected chi connectivity index (χ0v) is 12.4. The van der Waals surface area contributed by atoms with Crippen LogP contribution in [0.25, 0.3) is 0 Å². The Bertz CT molecular complexity index is 574. The quantitative estimate of drug-likeness (QED) is 0.839. The van der Waals surface area contributed by atoms with E-state index in [4.69, 9.17) is 4.52 Å². The van der Waals surface area contributed by atoms with Crippen LogP contribution in [0.15, 0.2) is 33.7 Å². The molecule has 7 heteroatoms. The van der Waals surface area contributed by atoms with Crippen LogP contribution in [0.2, 0.25) is 0 Å². The molecule has 0 saturated heterocycles. The van der Waals surface area contributed by atoms with Gasteiger partial charge in [0.1, 0.15) is 5.76 Å². The molecule has 1 aromatic heterocycles. The molecule has 0 aliphatic carbocycles. The summed E-state index contributed by atoms with van der Waals surface area (Å²) < 4.78 is 41.7. The highest BCUT2D eigenvalue weighted by molar-refractivity contribution is 8.00. The Balaban J connectivity index is 1.87. The summed E-state index contributed by atoms with van der Waals surface area (Å²) in [5.74, 6) is 0.775. The molecule has 0 fully saturated rings. The highest BCUT2D eigenvalue weighted by Gasteiger charge is 2.28. The van der Waals surface area contributed by atoms with E-state index in [1.165, 1.54) is 12.1 Å². The summed E-state index contributed by atoms with van der Waals surface area (Å²) in [5, 5.41) is 7.09. The Morgan fingerprint density at radius 2 is 1.81 bits per heavy atom. The van der Waals surface area contributed by atoms with Gasteiger partial charge in [0.05, 0.1) is 5.69 Å². The first-order chi connectivity index (χ1) is 9.85. The standard InChI is InChI=1S/C14H15F3N2OS/c1-9-13(10(2)20-19-9)8-18-7-11-3-5-12(6-4-11)21-14(15,16)17/h3-6,18H,7-8H2,1-2H3. The Hall–Kier alpha value is -1.47. The van der Waals surface area contributed by atoms with Crippen molar-refractivity contribution in [2.45, 2.75) is 37.3 Å². The molecule has 0 aliphatic rings. The van der Waals surface area contributed by atoms with Gasteiger partial charge in [-0.1, -0.05) is 17.3 Å². The maximum atomic E-state index is 12.2. The first-order valence-electron chi connectivity index (χ1n) is 6.32. The number of aromatic nitrogens is 1. The SMILES string of the molecule is Cc1noc(C)c1CNCc1ccc(SC(F)(F)F)cc1. The van der Waals surface area contributed by atoms with Crippen molar-refractivity contribution >= 4 is 11.8 Å². The van der Waals surface area contributed by atoms with Gasteiger partial charge in [0.15, 0.2) is 0 Å². The van der Waals surface area contributed by atoms with Gasteiger partial charge in [0.25, 0.3) is 0 Å². The van der Waals surface area contributed by atoms with Crippen LogP contribution < -0.4 is 5.32 Å². The number of thioether (sulfide) groups is 1. The molecule has 0 bridgehead atoms. The lowest BCUT2D eigenvalue weighted by Crippen LogP contribution is -2.13. The molecule has 3 nitrogen and oxygen atoms in total. The van der Waals surface area contributed by atoms with E-state index >= 15 is 0 Å². The van der Waals surface area contributed by atoms with Gasteiger partial charge >= 0.3 is 5.51 Å². The van der Waals surface area contributed by atoms with Crippen LogP contribution in [0, 0.1) is 13.8 Å². The summed E-state index contributed by atoms with van der Waals surface area (Å²) in [6, 6.07) is 6.33. The third kappa shape index (κ3) is 4.78. The molecule has 21 heavy (non-hydrogen) atoms. The second-order valence-electron chi connectivity index (χ2n) is 4.60. The van der Waals surface area contributed by atoms with Gasteiger partial charge in [-0.3, -0.25) is 0 Å². The molecule has 2 aromatic rings. The zero-order chi connectivity index (χ0) is 15.5. The summed E-state index contributed by atoms with van der Waals surface area (Å²) in [5.41, 5.74) is -1.47. The van der Waals surface area contributed by atoms with Crippen LogP contribution in [-0.2, 0) is 13.1 Å². The van der Waals surface area contributed by atoms with E-state index < -0.39 is 5.51 Å². The molecule has 1 heterocycles. The first kappa shape index (κ1) is 15.9. The summed E-state index contributed by atoms with van der Waals surface area (Å²) in [4.78, 5) is 0.192. The normalized spacial score (nSPS) is 11.9. The van der Waals surface area contributed by atoms with E-state index in [2.05, 4.69) is 10.5 Å². The third-order valence-electron chi connectivity index (χ3n) is 2.97. The summed E-state index contributed by atoms with van der Waals surface area (Å²) in [6.45, 7) is 4.90. The minimum Gasteiger partial charge on any atom is -0.361 e. The van der Waals surface area contributed by atoms with E-state index in [-0.39, 0.29) is 16.7 Å². The Kier molecular flexibility index (Phi) is 4.95. The van der Waals surface area contributed by atoms with Crippen LogP contribution in [-0.4, -0.2) is 10.7 Å². The molecular weight excluding hydrogens is 301 g/mol. The summed E-state index contributed by atoms with van der Waals surface area (Å²) in [6.07, 6.45) is 0. The lowest BCUT2D eigenvalue weighted by molar-refractivity contribution is -0.0328. The fourth-order valence-corrected chi connectivity index (χ4v) is 2.43. The van der Waals surface area contributed by atoms with Crippen molar-refractivity contribution in [3.8, 4) is 0 Å². The maximum absolute atomic E-state index is 12.2. The number of hydrogen-bond donors (Lipinski definition) is 1. The van der Waals surface area contributed by atoms with Gasteiger partial charge in [0.2, 0.25) is 0 Å². The molecule has 0 aliphatic heterocycles. The number of aryl methyl sites for hydroxylation is 2. The number of benzene rings is 1. The highest BCUT2D eigenvalue weighted by Crippen LogP contribution is 2.36. The largest absolute Gasteiger partial charge is 0.446 e. The van der Waals surface area contributed by atoms with Gasteiger partial charge in [-0.2, -0.15) is 13.2 Å². The van der Waals surface area contributed by atoms with Crippen LogP contribution in [0.1, 0.15) is 22.6 Å². The average molecular weight is 316 g/mol. The van der Waals surface area contributed by atoms with Crippen molar-refractivity contribution < 1.29 is 17.7 Å². The van der Waals surface area contributed by atoms with Gasteiger partial charge in [0, 0.05) is 23.5 Å². The van der Waals surface area contributed by atoms with Crippen molar-refractivity contribution in [3.05, 3.63) is 46.8 Å². The molecule has 1 aromatic carbocycles. The van der Waals surface area contributed by atoms with E-state index in [9.17, 15) is 13.2 Å². The second kappa shape index (κ2) is 6.53. The first-order valence-corrected chi connectivity index (χ1v) is 7.14. The van der Waals surface area contributed by atoms with E-state index in [0.717, 1.165) is 22.6 Å². The Morgan fingerprint density at radius 3 is 2.33 bits per heavy atom. The molecular formula is C14H15F3N2OS. The Labute approximate surface area is 124 Å². The number of hydrogen-bond acceptors (Lipinski definition) is 4. The fraction of sp³-hybridized carbons (Fsp3) is 0.357. The van der Waals surface area contributed by atoms with Crippen molar-refractivity contribution in [1.29, 1.82) is 0 Å². The molecule has 0 spiro atoms. The third-order valence-corrected chi connectivity index (χ3v) is 3.71. The van der Waals surface area contributed by atoms with Crippen LogP contribution >= 0.6 is 11.8 Å². The van der Waals surface area contributed by atoms with Crippen molar-refractivity contribution in [1.82, 2.24) is 10.5 Å². The van der Waals surface area contributed by atoms with Gasteiger partial charge in [-0.15, -0.1) is 0 Å². The monoisotopic (exact) mass is 316 g/mol. The number of halogens is 3. The number of alkyl halides is 3. The van der Waals surface area contributed by atoms with Crippen molar-refractivity contribution in [2.75, 3.05) is 0 Å². The zero-order valence-electron chi connectivity index (χ0n) is 11.6. The number of nitrogens with zero attached hydrogens (tertiary/aromatic N) is 1. The number of rotatable bonds is 5. The number of nitrogens with one attached hydrogen (secondary N) is 1. The van der Waals surface area contributed by atoms with E-state index in [0.29, 0.717) is 13.1 Å². The maximum Gasteiger partial charge on any atom is 0.446 e. The van der Waals surface area contributed by atoms with Crippen LogP contribution in [0.5, 0.6) is 0 Å². The average Bonchev–Trinajstić information content (AvgIpc) is 2.70. The molecule has 0 saturated carbocycles. The van der Waals surface area contributed by atoms with E-state index in [1.807, 2.05) is 13.8 Å². The summed E-state index contributed by atoms with van der Waals surface area (Å²) in [7, 11) is 0. The summed E-state index contributed by atoms with van der Waals surface area (Å²) >= 11 is -0.106. The second-order valence-corrected chi connectivity index (χ2v) is 5.74. The Morgan fingerprint density at radius 1 is 1.14 bits per heavy atom. The van der Waals surface area contributed by atoms with Crippen LogP contribution in [0.4, 0.5) is 13.2 Å². The molecule has 0 radical (unpaired) electrons. The molecule has 2 rings (SSSR count). The topological polar surface area (TPSA) is 38.1 Å². The van der Waals surface area contributed by atoms with Crippen molar-refractivity contribution in [3.63, 3.8) is 0 Å². The lowest BCUT2D eigenvalue weighted by Gasteiger charge is -2.07. The highest BCUT2D eigenvalue weighted by atomic mass is 32.2. The molecule has 1 N–H and O–H groups in total. The molecule has 0 unspecified atom stereocenters. The molecule has 0 amide bonds. The minimum atomic E-state index is -4.25. The minimum absolute atomic E-state index is 0.106.